The Morgan fingerprint density at radius 1 is 0.596 bits per heavy atom. The SMILES string of the molecule is C1=CC2OC3C(=CC=CC3C3=CC(C4CC(C5=CC(C6C=CCCC6)CC(C6CC7CCCCC7C7CCCCC67)=C5)[N@]5C(C6=CCCCC6)C45)CCC3)C2C=C1. The molecule has 3 heterocycles. The van der Waals surface area contributed by atoms with Gasteiger partial charge in [-0.3, -0.25) is 4.90 Å². The van der Waals surface area contributed by atoms with Gasteiger partial charge in [-0.05, 0) is 167 Å². The van der Waals surface area contributed by atoms with Gasteiger partial charge >= 0.3 is 0 Å². The van der Waals surface area contributed by atoms with E-state index >= 15 is 0 Å². The topological polar surface area (TPSA) is 12.2 Å². The second kappa shape index (κ2) is 15.2. The van der Waals surface area contributed by atoms with Gasteiger partial charge in [0.25, 0.3) is 0 Å². The number of allylic oxidation sites excluding steroid dienone is 10. The first kappa shape index (κ1) is 36.4. The Hall–Kier alpha value is -2.42. The van der Waals surface area contributed by atoms with Gasteiger partial charge in [0.2, 0.25) is 0 Å². The molecule has 9 aliphatic carbocycles. The highest BCUT2D eigenvalue weighted by Gasteiger charge is 2.63. The number of piperidine rings is 1. The number of ether oxygens (including phenoxy) is 1. The molecule has 302 valence electrons. The van der Waals surface area contributed by atoms with Crippen molar-refractivity contribution < 1.29 is 4.74 Å². The van der Waals surface area contributed by atoms with Gasteiger partial charge in [-0.2, -0.15) is 0 Å². The predicted octanol–water partition coefficient (Wildman–Crippen LogP) is 13.1. The van der Waals surface area contributed by atoms with Crippen LogP contribution in [-0.2, 0) is 4.74 Å². The molecule has 0 amide bonds. The zero-order chi connectivity index (χ0) is 37.5. The molecule has 12 aliphatic rings. The summed E-state index contributed by atoms with van der Waals surface area (Å²) >= 11 is 0. The minimum absolute atomic E-state index is 0.213. The van der Waals surface area contributed by atoms with E-state index in [1.54, 1.807) is 17.6 Å². The van der Waals surface area contributed by atoms with Gasteiger partial charge in [0.1, 0.15) is 0 Å². The Balaban J connectivity index is 0.874. The first-order valence-corrected chi connectivity index (χ1v) is 24.9. The molecule has 57 heavy (non-hydrogen) atoms. The molecule has 0 bridgehead atoms. The van der Waals surface area contributed by atoms with Crippen molar-refractivity contribution >= 4 is 0 Å². The van der Waals surface area contributed by atoms with Gasteiger partial charge in [0.15, 0.2) is 0 Å². The lowest BCUT2D eigenvalue weighted by Crippen LogP contribution is -2.44. The minimum Gasteiger partial charge on any atom is -0.365 e. The molecule has 16 unspecified atom stereocenters. The summed E-state index contributed by atoms with van der Waals surface area (Å²) in [4.78, 5) is 3.12. The monoisotopic (exact) mass is 762 g/mol. The summed E-state index contributed by atoms with van der Waals surface area (Å²) in [5.41, 5.74) is 8.74. The standard InChI is InChI=1S/C55H71NO/c1-3-15-35(16-4-1)40-30-41(49-33-39-19-7-8-22-43(39)45-23-9-10-24-46(45)49)32-42(31-40)51-34-50(54-53(56(51)54)36-17-5-2-6-18-36)38-21-13-20-37(29-38)44-26-14-27-48-47-25-11-12-28-52(47)57-55(44)48/h3,11-12,14-15,17,25-29,31-32,35,38-40,43-47,49-55H,1-2,4-10,13,16,18-24,30,33-34H2/t35?,38?,39?,40?,43?,44?,45?,46?,47?,49?,50?,51?,52?,53?,54?,55?,56-/m1/s1. The van der Waals surface area contributed by atoms with Crippen LogP contribution in [0.1, 0.15) is 135 Å². The van der Waals surface area contributed by atoms with Crippen LogP contribution in [0.2, 0.25) is 0 Å². The van der Waals surface area contributed by atoms with E-state index < -0.39 is 0 Å². The van der Waals surface area contributed by atoms with Crippen LogP contribution in [0.5, 0.6) is 0 Å². The minimum atomic E-state index is 0.213. The fraction of sp³-hybridized carbons (Fsp3) is 0.673. The van der Waals surface area contributed by atoms with Gasteiger partial charge in [-0.1, -0.05) is 128 Å². The maximum absolute atomic E-state index is 6.87. The third-order valence-electron chi connectivity index (χ3n) is 18.7. The molecular weight excluding hydrogens is 691 g/mol. The van der Waals surface area contributed by atoms with E-state index in [4.69, 9.17) is 4.74 Å². The van der Waals surface area contributed by atoms with E-state index in [-0.39, 0.29) is 12.2 Å². The van der Waals surface area contributed by atoms with Crippen molar-refractivity contribution in [2.45, 2.75) is 165 Å². The number of rotatable bonds is 6. The van der Waals surface area contributed by atoms with Crippen LogP contribution in [-0.4, -0.2) is 35.2 Å². The average Bonchev–Trinajstić information content (AvgIpc) is 3.69. The molecule has 3 aliphatic heterocycles. The van der Waals surface area contributed by atoms with E-state index in [1.807, 2.05) is 11.1 Å². The zero-order valence-corrected chi connectivity index (χ0v) is 34.9. The molecule has 2 heteroatoms. The molecule has 2 nitrogen and oxygen atoms in total. The Morgan fingerprint density at radius 3 is 2.33 bits per heavy atom. The molecule has 12 rings (SSSR count). The van der Waals surface area contributed by atoms with Crippen LogP contribution < -0.4 is 0 Å². The van der Waals surface area contributed by atoms with Crippen LogP contribution in [0, 0.1) is 65.1 Å². The Labute approximate surface area is 345 Å². The third-order valence-corrected chi connectivity index (χ3v) is 18.7. The fourth-order valence-corrected chi connectivity index (χ4v) is 16.3. The first-order valence-electron chi connectivity index (χ1n) is 24.9. The molecule has 0 aromatic heterocycles. The van der Waals surface area contributed by atoms with Crippen molar-refractivity contribution in [1.29, 1.82) is 0 Å². The maximum atomic E-state index is 6.87. The normalized spacial score (nSPS) is 48.3. The van der Waals surface area contributed by atoms with Crippen molar-refractivity contribution in [3.63, 3.8) is 0 Å². The van der Waals surface area contributed by atoms with Crippen LogP contribution in [0.15, 0.2) is 107 Å². The summed E-state index contributed by atoms with van der Waals surface area (Å²) in [6, 6.07) is 2.05. The first-order chi connectivity index (χ1) is 28.3. The average molecular weight is 762 g/mol. The molecule has 6 fully saturated rings. The molecule has 3 saturated carbocycles. The van der Waals surface area contributed by atoms with Crippen LogP contribution in [0.4, 0.5) is 0 Å². The van der Waals surface area contributed by atoms with Crippen molar-refractivity contribution in [3.05, 3.63) is 107 Å². The van der Waals surface area contributed by atoms with Crippen molar-refractivity contribution in [3.8, 4) is 0 Å². The lowest BCUT2D eigenvalue weighted by Gasteiger charge is -2.53. The summed E-state index contributed by atoms with van der Waals surface area (Å²) < 4.78 is 6.87. The number of hydrogen-bond donors (Lipinski definition) is 0. The number of fused-ring (bicyclic) bond motifs is 7. The van der Waals surface area contributed by atoms with Crippen molar-refractivity contribution in [2.24, 2.45) is 65.1 Å². The van der Waals surface area contributed by atoms with E-state index in [2.05, 4.69) is 83.9 Å². The van der Waals surface area contributed by atoms with Crippen LogP contribution in [0.3, 0.4) is 0 Å². The number of nitrogens with zero attached hydrogens (tertiary/aromatic N) is 1. The van der Waals surface area contributed by atoms with Gasteiger partial charge < -0.3 is 4.74 Å². The van der Waals surface area contributed by atoms with Crippen molar-refractivity contribution in [2.75, 3.05) is 0 Å². The van der Waals surface area contributed by atoms with Gasteiger partial charge in [0.05, 0.1) is 12.2 Å². The lowest BCUT2D eigenvalue weighted by atomic mass is 9.52. The summed E-state index contributed by atoms with van der Waals surface area (Å²) in [5.74, 6) is 8.62. The van der Waals surface area contributed by atoms with Crippen molar-refractivity contribution in [1.82, 2.24) is 4.90 Å². The molecular formula is C55H71NO. The largest absolute Gasteiger partial charge is 0.365 e. The summed E-state index contributed by atoms with van der Waals surface area (Å²) in [6.07, 6.45) is 63.3. The summed E-state index contributed by atoms with van der Waals surface area (Å²) in [7, 11) is 0. The van der Waals surface area contributed by atoms with E-state index in [1.165, 1.54) is 134 Å². The molecule has 0 spiro atoms. The summed E-state index contributed by atoms with van der Waals surface area (Å²) in [5, 5.41) is 0. The lowest BCUT2D eigenvalue weighted by molar-refractivity contribution is -0.00409. The summed E-state index contributed by atoms with van der Waals surface area (Å²) in [6.45, 7) is 0. The van der Waals surface area contributed by atoms with Crippen LogP contribution in [0.25, 0.3) is 0 Å². The highest BCUT2D eigenvalue weighted by Crippen LogP contribution is 2.60. The quantitative estimate of drug-likeness (QED) is 0.197. The second-order valence-corrected chi connectivity index (χ2v) is 21.5. The number of hydrogen-bond acceptors (Lipinski definition) is 2. The highest BCUT2D eigenvalue weighted by molar-refractivity contribution is 5.44. The van der Waals surface area contributed by atoms with E-state index in [0.717, 1.165) is 47.5 Å². The van der Waals surface area contributed by atoms with Gasteiger partial charge in [0, 0.05) is 30.0 Å². The third kappa shape index (κ3) is 6.46. The molecule has 3 saturated heterocycles. The molecule has 0 N–H and O–H groups in total. The van der Waals surface area contributed by atoms with E-state index in [0.29, 0.717) is 35.8 Å². The van der Waals surface area contributed by atoms with Gasteiger partial charge in [-0.25, -0.2) is 0 Å². The Bertz CT molecular complexity index is 1850. The maximum Gasteiger partial charge on any atom is 0.0903 e. The molecule has 0 aromatic carbocycles. The Morgan fingerprint density at radius 2 is 1.44 bits per heavy atom. The Kier molecular flexibility index (Phi) is 9.74. The molecule has 17 atom stereocenters. The zero-order valence-electron chi connectivity index (χ0n) is 34.9. The van der Waals surface area contributed by atoms with E-state index in [9.17, 15) is 0 Å². The predicted molar refractivity (Wildman–Crippen MR) is 234 cm³/mol. The molecule has 0 radical (unpaired) electrons. The van der Waals surface area contributed by atoms with Crippen LogP contribution >= 0.6 is 0 Å². The fourth-order valence-electron chi connectivity index (χ4n) is 16.3. The van der Waals surface area contributed by atoms with Gasteiger partial charge in [-0.15, -0.1) is 0 Å². The highest BCUT2D eigenvalue weighted by atomic mass is 16.5. The second-order valence-electron chi connectivity index (χ2n) is 21.5. The smallest absolute Gasteiger partial charge is 0.0903 e. The molecule has 0 aromatic rings.